The fraction of sp³-hybridized carbons (Fsp3) is 1.00. The zero-order chi connectivity index (χ0) is 6.20. The molecule has 1 aliphatic heterocycles. The van der Waals surface area contributed by atoms with Crippen molar-refractivity contribution in [2.45, 2.75) is 18.5 Å². The molecule has 1 rings (SSSR count). The van der Waals surface area contributed by atoms with Gasteiger partial charge in [-0.2, -0.15) is 0 Å². The number of rotatable bonds is 0. The molecule has 1 aliphatic rings. The molecular formula is C4H8O4. The van der Waals surface area contributed by atoms with Gasteiger partial charge in [-0.25, -0.2) is 0 Å². The average molecular weight is 120 g/mol. The Labute approximate surface area is 46.3 Å². The molecule has 1 unspecified atom stereocenters. The van der Waals surface area contributed by atoms with Crippen LogP contribution in [0.4, 0.5) is 0 Å². The molecule has 1 heterocycles. The Morgan fingerprint density at radius 3 is 2.25 bits per heavy atom. The fourth-order valence-corrected chi connectivity index (χ4v) is 0.578. The lowest BCUT2D eigenvalue weighted by atomic mass is 10.2. The molecule has 0 radical (unpaired) electrons. The highest BCUT2D eigenvalue weighted by atomic mass is 16.7. The molecule has 1 fully saturated rings. The third kappa shape index (κ3) is 0.830. The summed E-state index contributed by atoms with van der Waals surface area (Å²) < 4.78 is 4.42. The van der Waals surface area contributed by atoms with Crippen molar-refractivity contribution in [1.82, 2.24) is 0 Å². The van der Waals surface area contributed by atoms with E-state index in [1.807, 2.05) is 0 Å². The molecule has 1 atom stereocenters. The maximum absolute atomic E-state index is 8.64. The molecule has 1 saturated heterocycles. The lowest BCUT2D eigenvalue weighted by molar-refractivity contribution is -0.259. The molecule has 0 amide bonds. The van der Waals surface area contributed by atoms with Crippen molar-refractivity contribution >= 4 is 0 Å². The molecule has 8 heavy (non-hydrogen) atoms. The van der Waals surface area contributed by atoms with Crippen LogP contribution in [0.2, 0.25) is 0 Å². The fourth-order valence-electron chi connectivity index (χ4n) is 0.578. The summed E-state index contributed by atoms with van der Waals surface area (Å²) in [6, 6.07) is 0. The van der Waals surface area contributed by atoms with E-state index in [9.17, 15) is 0 Å². The summed E-state index contributed by atoms with van der Waals surface area (Å²) in [6.45, 7) is 0.203. The highest BCUT2D eigenvalue weighted by Gasteiger charge is 2.39. The molecule has 0 saturated carbocycles. The van der Waals surface area contributed by atoms with Crippen molar-refractivity contribution in [1.29, 1.82) is 0 Å². The second kappa shape index (κ2) is 1.66. The first kappa shape index (κ1) is 5.97. The Morgan fingerprint density at radius 2 is 2.12 bits per heavy atom. The zero-order valence-corrected chi connectivity index (χ0v) is 4.24. The Kier molecular flexibility index (Phi) is 1.24. The van der Waals surface area contributed by atoms with Crippen LogP contribution in [0.15, 0.2) is 0 Å². The van der Waals surface area contributed by atoms with Crippen LogP contribution in [0.25, 0.3) is 0 Å². The first-order chi connectivity index (χ1) is 3.63. The SMILES string of the molecule is OC1OCCC1(O)O. The van der Waals surface area contributed by atoms with Crippen molar-refractivity contribution in [3.63, 3.8) is 0 Å². The number of ether oxygens (including phenoxy) is 1. The van der Waals surface area contributed by atoms with Crippen LogP contribution in [0.1, 0.15) is 6.42 Å². The second-order valence-corrected chi connectivity index (χ2v) is 1.85. The summed E-state index contributed by atoms with van der Waals surface area (Å²) in [4.78, 5) is 0. The molecule has 0 aromatic carbocycles. The molecule has 0 aromatic rings. The molecule has 0 aliphatic carbocycles. The summed E-state index contributed by atoms with van der Waals surface area (Å²) >= 11 is 0. The van der Waals surface area contributed by atoms with E-state index in [0.717, 1.165) is 0 Å². The molecule has 48 valence electrons. The number of aliphatic hydroxyl groups excluding tert-OH is 1. The van der Waals surface area contributed by atoms with Gasteiger partial charge in [0.05, 0.1) is 6.61 Å². The highest BCUT2D eigenvalue weighted by molar-refractivity contribution is 4.73. The third-order valence-corrected chi connectivity index (χ3v) is 1.14. The predicted molar refractivity (Wildman–Crippen MR) is 23.7 cm³/mol. The first-order valence-electron chi connectivity index (χ1n) is 2.37. The van der Waals surface area contributed by atoms with Crippen molar-refractivity contribution in [2.24, 2.45) is 0 Å². The van der Waals surface area contributed by atoms with Crippen LogP contribution in [0.5, 0.6) is 0 Å². The molecule has 3 N–H and O–H groups in total. The minimum absolute atomic E-state index is 0.0775. The van der Waals surface area contributed by atoms with E-state index in [1.165, 1.54) is 0 Å². The van der Waals surface area contributed by atoms with Crippen molar-refractivity contribution in [3.05, 3.63) is 0 Å². The first-order valence-corrected chi connectivity index (χ1v) is 2.37. The van der Waals surface area contributed by atoms with Crippen LogP contribution >= 0.6 is 0 Å². The van der Waals surface area contributed by atoms with Crippen LogP contribution in [-0.2, 0) is 4.74 Å². The van der Waals surface area contributed by atoms with E-state index in [4.69, 9.17) is 15.3 Å². The van der Waals surface area contributed by atoms with E-state index < -0.39 is 12.1 Å². The highest BCUT2D eigenvalue weighted by Crippen LogP contribution is 2.19. The third-order valence-electron chi connectivity index (χ3n) is 1.14. The Balaban J connectivity index is 2.54. The van der Waals surface area contributed by atoms with Crippen LogP contribution in [-0.4, -0.2) is 34.0 Å². The predicted octanol–water partition coefficient (Wildman–Crippen LogP) is -1.59. The van der Waals surface area contributed by atoms with Gasteiger partial charge in [0, 0.05) is 6.42 Å². The van der Waals surface area contributed by atoms with Gasteiger partial charge in [-0.1, -0.05) is 0 Å². The van der Waals surface area contributed by atoms with Gasteiger partial charge in [0.1, 0.15) is 0 Å². The van der Waals surface area contributed by atoms with E-state index in [-0.39, 0.29) is 13.0 Å². The normalized spacial score (nSPS) is 35.6. The van der Waals surface area contributed by atoms with E-state index in [0.29, 0.717) is 0 Å². The zero-order valence-electron chi connectivity index (χ0n) is 4.24. The van der Waals surface area contributed by atoms with Gasteiger partial charge < -0.3 is 20.1 Å². The summed E-state index contributed by atoms with van der Waals surface area (Å²) in [5.41, 5.74) is 0. The van der Waals surface area contributed by atoms with Gasteiger partial charge in [0.25, 0.3) is 0 Å². The smallest absolute Gasteiger partial charge is 0.217 e. The lowest BCUT2D eigenvalue weighted by Gasteiger charge is -2.15. The summed E-state index contributed by atoms with van der Waals surface area (Å²) in [5.74, 6) is -2.01. The van der Waals surface area contributed by atoms with Crippen molar-refractivity contribution in [3.8, 4) is 0 Å². The van der Waals surface area contributed by atoms with Gasteiger partial charge in [0.15, 0.2) is 0 Å². The van der Waals surface area contributed by atoms with Crippen molar-refractivity contribution in [2.75, 3.05) is 6.61 Å². The van der Waals surface area contributed by atoms with Crippen LogP contribution < -0.4 is 0 Å². The quantitative estimate of drug-likeness (QED) is 0.337. The topological polar surface area (TPSA) is 69.9 Å². The molecule has 4 nitrogen and oxygen atoms in total. The van der Waals surface area contributed by atoms with Gasteiger partial charge in [-0.15, -0.1) is 0 Å². The van der Waals surface area contributed by atoms with Gasteiger partial charge in [-0.3, -0.25) is 0 Å². The van der Waals surface area contributed by atoms with Gasteiger partial charge >= 0.3 is 0 Å². The van der Waals surface area contributed by atoms with Crippen LogP contribution in [0, 0.1) is 0 Å². The second-order valence-electron chi connectivity index (χ2n) is 1.85. The Morgan fingerprint density at radius 1 is 1.50 bits per heavy atom. The summed E-state index contributed by atoms with van der Waals surface area (Å²) in [6.07, 6.45) is -1.35. The maximum atomic E-state index is 8.64. The number of hydrogen-bond donors (Lipinski definition) is 3. The van der Waals surface area contributed by atoms with Gasteiger partial charge in [0.2, 0.25) is 12.1 Å². The molecule has 0 aromatic heterocycles. The van der Waals surface area contributed by atoms with E-state index in [2.05, 4.69) is 4.74 Å². The molecule has 0 bridgehead atoms. The lowest BCUT2D eigenvalue weighted by Crippen LogP contribution is -2.37. The summed E-state index contributed by atoms with van der Waals surface area (Å²) in [5, 5.41) is 25.8. The average Bonchev–Trinajstić information content (AvgIpc) is 1.86. The van der Waals surface area contributed by atoms with Gasteiger partial charge in [-0.05, 0) is 0 Å². The summed E-state index contributed by atoms with van der Waals surface area (Å²) in [7, 11) is 0. The number of hydrogen-bond acceptors (Lipinski definition) is 4. The minimum Gasteiger partial charge on any atom is -0.364 e. The molecule has 4 heteroatoms. The molecular weight excluding hydrogens is 112 g/mol. The van der Waals surface area contributed by atoms with Crippen LogP contribution in [0.3, 0.4) is 0 Å². The largest absolute Gasteiger partial charge is 0.364 e. The number of aliphatic hydroxyl groups is 3. The van der Waals surface area contributed by atoms with E-state index in [1.54, 1.807) is 0 Å². The van der Waals surface area contributed by atoms with E-state index >= 15 is 0 Å². The van der Waals surface area contributed by atoms with Crippen molar-refractivity contribution < 1.29 is 20.1 Å². The Hall–Kier alpha value is -0.160. The molecule has 0 spiro atoms. The maximum Gasteiger partial charge on any atom is 0.217 e. The Bertz CT molecular complexity index is 90.0. The standard InChI is InChI=1S/C4H8O4/c5-3-4(6,7)1-2-8-3/h3,5-7H,1-2H2. The minimum atomic E-state index is -2.01. The monoisotopic (exact) mass is 120 g/mol.